The summed E-state index contributed by atoms with van der Waals surface area (Å²) in [6.07, 6.45) is 0.581. The Balaban J connectivity index is 2.31. The standard InChI is InChI=1S/C18H24O5/c1-12(2)14(4)22-17(20)6-5-7-18(21)23-16-10-8-15(9-11-16)13(3)19/h8-12,14H,5-7H2,1-4H3. The normalized spacial score (nSPS) is 11.9. The summed E-state index contributed by atoms with van der Waals surface area (Å²) in [7, 11) is 0. The first-order valence-corrected chi connectivity index (χ1v) is 7.80. The van der Waals surface area contributed by atoms with Crippen LogP contribution in [0.5, 0.6) is 5.75 Å². The zero-order chi connectivity index (χ0) is 17.4. The fourth-order valence-corrected chi connectivity index (χ4v) is 1.72. The van der Waals surface area contributed by atoms with Crippen LogP contribution in [0.25, 0.3) is 0 Å². The SMILES string of the molecule is CC(=O)c1ccc(OC(=O)CCCC(=O)OC(C)C(C)C)cc1. The molecule has 5 nitrogen and oxygen atoms in total. The van der Waals surface area contributed by atoms with Gasteiger partial charge >= 0.3 is 11.9 Å². The monoisotopic (exact) mass is 320 g/mol. The molecule has 1 aromatic carbocycles. The van der Waals surface area contributed by atoms with Crippen molar-refractivity contribution in [3.63, 3.8) is 0 Å². The first kappa shape index (κ1) is 18.9. The predicted octanol–water partition coefficient (Wildman–Crippen LogP) is 3.55. The number of ketones is 1. The van der Waals surface area contributed by atoms with Gasteiger partial charge in [-0.05, 0) is 50.5 Å². The van der Waals surface area contributed by atoms with Gasteiger partial charge in [-0.15, -0.1) is 0 Å². The van der Waals surface area contributed by atoms with E-state index in [4.69, 9.17) is 9.47 Å². The van der Waals surface area contributed by atoms with Gasteiger partial charge in [0.2, 0.25) is 0 Å². The molecule has 126 valence electrons. The van der Waals surface area contributed by atoms with Crippen molar-refractivity contribution in [2.45, 2.75) is 53.1 Å². The molecule has 0 aliphatic rings. The number of rotatable bonds is 8. The molecule has 0 heterocycles. The van der Waals surface area contributed by atoms with Gasteiger partial charge in [0.15, 0.2) is 5.78 Å². The van der Waals surface area contributed by atoms with Crippen LogP contribution in [0.1, 0.15) is 57.3 Å². The summed E-state index contributed by atoms with van der Waals surface area (Å²) in [6.45, 7) is 7.28. The van der Waals surface area contributed by atoms with E-state index in [-0.39, 0.29) is 36.6 Å². The van der Waals surface area contributed by atoms with E-state index in [0.29, 0.717) is 17.7 Å². The van der Waals surface area contributed by atoms with Crippen molar-refractivity contribution in [2.75, 3.05) is 0 Å². The zero-order valence-electron chi connectivity index (χ0n) is 14.1. The van der Waals surface area contributed by atoms with E-state index < -0.39 is 5.97 Å². The van der Waals surface area contributed by atoms with Crippen LogP contribution < -0.4 is 4.74 Å². The third-order valence-electron chi connectivity index (χ3n) is 3.51. The van der Waals surface area contributed by atoms with E-state index in [1.54, 1.807) is 24.3 Å². The molecule has 1 atom stereocenters. The lowest BCUT2D eigenvalue weighted by Gasteiger charge is -2.16. The summed E-state index contributed by atoms with van der Waals surface area (Å²) in [5.41, 5.74) is 0.562. The Morgan fingerprint density at radius 3 is 2.04 bits per heavy atom. The van der Waals surface area contributed by atoms with Crippen LogP contribution in [0.2, 0.25) is 0 Å². The lowest BCUT2D eigenvalue weighted by molar-refractivity contribution is -0.150. The third-order valence-corrected chi connectivity index (χ3v) is 3.51. The fraction of sp³-hybridized carbons (Fsp3) is 0.500. The molecule has 23 heavy (non-hydrogen) atoms. The molecule has 1 rings (SSSR count). The second kappa shape index (κ2) is 9.08. The Labute approximate surface area is 137 Å². The molecule has 1 unspecified atom stereocenters. The number of carbonyl (C=O) groups excluding carboxylic acids is 3. The highest BCUT2D eigenvalue weighted by Crippen LogP contribution is 2.14. The van der Waals surface area contributed by atoms with E-state index in [2.05, 4.69) is 0 Å². The maximum Gasteiger partial charge on any atom is 0.311 e. The van der Waals surface area contributed by atoms with Gasteiger partial charge < -0.3 is 9.47 Å². The van der Waals surface area contributed by atoms with Crippen LogP contribution in [0.15, 0.2) is 24.3 Å². The number of hydrogen-bond acceptors (Lipinski definition) is 5. The predicted molar refractivity (Wildman–Crippen MR) is 86.3 cm³/mol. The quantitative estimate of drug-likeness (QED) is 0.416. The Morgan fingerprint density at radius 2 is 1.52 bits per heavy atom. The maximum absolute atomic E-state index is 11.7. The van der Waals surface area contributed by atoms with Crippen LogP contribution in [-0.4, -0.2) is 23.8 Å². The molecule has 0 fully saturated rings. The molecule has 0 bridgehead atoms. The van der Waals surface area contributed by atoms with E-state index in [1.807, 2.05) is 20.8 Å². The van der Waals surface area contributed by atoms with Crippen LogP contribution in [-0.2, 0) is 14.3 Å². The third kappa shape index (κ3) is 7.08. The maximum atomic E-state index is 11.7. The molecule has 0 aromatic heterocycles. The molecule has 0 saturated carbocycles. The molecular formula is C18H24O5. The molecule has 1 aromatic rings. The molecule has 0 aliphatic heterocycles. The minimum atomic E-state index is -0.412. The number of benzene rings is 1. The highest BCUT2D eigenvalue weighted by atomic mass is 16.5. The Morgan fingerprint density at radius 1 is 0.957 bits per heavy atom. The highest BCUT2D eigenvalue weighted by molar-refractivity contribution is 5.94. The number of ether oxygens (including phenoxy) is 2. The van der Waals surface area contributed by atoms with E-state index >= 15 is 0 Å². The van der Waals surface area contributed by atoms with Crippen molar-refractivity contribution in [1.82, 2.24) is 0 Å². The molecule has 0 saturated heterocycles. The summed E-state index contributed by atoms with van der Waals surface area (Å²) in [5.74, 6) is -0.106. The van der Waals surface area contributed by atoms with Gasteiger partial charge in [0.05, 0.1) is 0 Å². The Bertz CT molecular complexity index is 545. The second-order valence-electron chi connectivity index (χ2n) is 5.85. The van der Waals surface area contributed by atoms with Gasteiger partial charge in [0.25, 0.3) is 0 Å². The van der Waals surface area contributed by atoms with E-state index in [0.717, 1.165) is 0 Å². The molecule has 5 heteroatoms. The topological polar surface area (TPSA) is 69.7 Å². The first-order valence-electron chi connectivity index (χ1n) is 7.80. The van der Waals surface area contributed by atoms with Gasteiger partial charge in [0, 0.05) is 18.4 Å². The van der Waals surface area contributed by atoms with Crippen molar-refractivity contribution in [2.24, 2.45) is 5.92 Å². The van der Waals surface area contributed by atoms with Gasteiger partial charge in [-0.2, -0.15) is 0 Å². The van der Waals surface area contributed by atoms with Gasteiger partial charge in [-0.3, -0.25) is 14.4 Å². The number of carbonyl (C=O) groups is 3. The largest absolute Gasteiger partial charge is 0.462 e. The van der Waals surface area contributed by atoms with Gasteiger partial charge in [0.1, 0.15) is 11.9 Å². The van der Waals surface area contributed by atoms with Crippen molar-refractivity contribution in [1.29, 1.82) is 0 Å². The van der Waals surface area contributed by atoms with Crippen molar-refractivity contribution in [3.8, 4) is 5.75 Å². The Hall–Kier alpha value is -2.17. The minimum Gasteiger partial charge on any atom is -0.462 e. The van der Waals surface area contributed by atoms with E-state index in [9.17, 15) is 14.4 Å². The summed E-state index contributed by atoms with van der Waals surface area (Å²) in [5, 5.41) is 0. The highest BCUT2D eigenvalue weighted by Gasteiger charge is 2.14. The summed E-state index contributed by atoms with van der Waals surface area (Å²) in [4.78, 5) is 34.4. The van der Waals surface area contributed by atoms with Crippen molar-refractivity contribution in [3.05, 3.63) is 29.8 Å². The lowest BCUT2D eigenvalue weighted by Crippen LogP contribution is -2.20. The molecular weight excluding hydrogens is 296 g/mol. The number of Topliss-reactive ketones (excluding diaryl/α,β-unsaturated/α-hetero) is 1. The lowest BCUT2D eigenvalue weighted by atomic mass is 10.1. The number of esters is 2. The fourth-order valence-electron chi connectivity index (χ4n) is 1.72. The van der Waals surface area contributed by atoms with Crippen molar-refractivity contribution < 1.29 is 23.9 Å². The molecule has 0 N–H and O–H groups in total. The van der Waals surface area contributed by atoms with Crippen LogP contribution in [0, 0.1) is 5.92 Å². The zero-order valence-corrected chi connectivity index (χ0v) is 14.1. The Kier molecular flexibility index (Phi) is 7.45. The molecule has 0 amide bonds. The molecule has 0 aliphatic carbocycles. The first-order chi connectivity index (χ1) is 10.8. The van der Waals surface area contributed by atoms with Crippen molar-refractivity contribution >= 4 is 17.7 Å². The van der Waals surface area contributed by atoms with Crippen LogP contribution in [0.3, 0.4) is 0 Å². The van der Waals surface area contributed by atoms with Gasteiger partial charge in [-0.1, -0.05) is 13.8 Å². The summed E-state index contributed by atoms with van der Waals surface area (Å²) in [6, 6.07) is 6.37. The molecule has 0 spiro atoms. The summed E-state index contributed by atoms with van der Waals surface area (Å²) < 4.78 is 10.4. The number of hydrogen-bond donors (Lipinski definition) is 0. The van der Waals surface area contributed by atoms with Gasteiger partial charge in [-0.25, -0.2) is 0 Å². The smallest absolute Gasteiger partial charge is 0.311 e. The average Bonchev–Trinajstić information content (AvgIpc) is 2.47. The summed E-state index contributed by atoms with van der Waals surface area (Å²) >= 11 is 0. The second-order valence-corrected chi connectivity index (χ2v) is 5.85. The van der Waals surface area contributed by atoms with E-state index in [1.165, 1.54) is 6.92 Å². The molecule has 0 radical (unpaired) electrons. The average molecular weight is 320 g/mol. The van der Waals surface area contributed by atoms with Crippen LogP contribution in [0.4, 0.5) is 0 Å². The van der Waals surface area contributed by atoms with Crippen LogP contribution >= 0.6 is 0 Å². The minimum absolute atomic E-state index is 0.0444.